The van der Waals surface area contributed by atoms with Crippen LogP contribution in [0.15, 0.2) is 48.7 Å². The van der Waals surface area contributed by atoms with Crippen molar-refractivity contribution in [1.82, 2.24) is 9.55 Å². The van der Waals surface area contributed by atoms with Gasteiger partial charge in [-0.25, -0.2) is 4.98 Å². The molecule has 0 aliphatic carbocycles. The highest BCUT2D eigenvalue weighted by Gasteiger charge is 2.21. The lowest BCUT2D eigenvalue weighted by atomic mass is 9.88. The first-order chi connectivity index (χ1) is 16.5. The molecule has 0 fully saturated rings. The maximum absolute atomic E-state index is 10.9. The summed E-state index contributed by atoms with van der Waals surface area (Å²) in [5.41, 5.74) is 3.96. The maximum atomic E-state index is 10.9. The molecule has 6 heteroatoms. The monoisotopic (exact) mass is 498 g/mol. The molecule has 0 radical (unpaired) electrons. The lowest BCUT2D eigenvalue weighted by Gasteiger charge is -2.21. The van der Waals surface area contributed by atoms with Gasteiger partial charge in [0.25, 0.3) is 0 Å². The molecule has 0 aliphatic heterocycles. The Bertz CT molecular complexity index is 1100. The molecule has 0 amide bonds. The number of imidazole rings is 1. The standard InChI is InChI=1S/C29H39ClN2O3/c1-19(2)35-27-12-11-23(17-24(27)30)26(34)16-21(13-14-33)15-20-7-9-22(10-8-20)25-18-32(6)28(31-25)29(3,4)5/h7-12,17-19,21,26,33-34H,13-16H2,1-6H3/t21-,26-/m1/s1. The summed E-state index contributed by atoms with van der Waals surface area (Å²) in [6.07, 6.45) is 3.37. The van der Waals surface area contributed by atoms with Gasteiger partial charge in [-0.3, -0.25) is 0 Å². The SMILES string of the molecule is CC(C)Oc1ccc([C@H](O)C[C@H](CCO)Cc2ccc(-c3cn(C)c(C(C)(C)C)n3)cc2)cc1Cl. The normalized spacial score (nSPS) is 13.8. The van der Waals surface area contributed by atoms with Crippen molar-refractivity contribution in [2.45, 2.75) is 71.5 Å². The molecule has 3 rings (SSSR count). The molecule has 2 N–H and O–H groups in total. The fraction of sp³-hybridized carbons (Fsp3) is 0.483. The minimum absolute atomic E-state index is 0.0166. The zero-order chi connectivity index (χ0) is 25.8. The van der Waals surface area contributed by atoms with E-state index < -0.39 is 6.10 Å². The van der Waals surface area contributed by atoms with E-state index in [-0.39, 0.29) is 24.0 Å². The van der Waals surface area contributed by atoms with Gasteiger partial charge < -0.3 is 19.5 Å². The van der Waals surface area contributed by atoms with Crippen LogP contribution in [0.1, 0.15) is 70.5 Å². The van der Waals surface area contributed by atoms with E-state index in [0.29, 0.717) is 23.6 Å². The average Bonchev–Trinajstić information content (AvgIpc) is 3.17. The summed E-state index contributed by atoms with van der Waals surface area (Å²) < 4.78 is 7.78. The van der Waals surface area contributed by atoms with E-state index in [1.807, 2.05) is 33.0 Å². The Kier molecular flexibility index (Phi) is 9.03. The van der Waals surface area contributed by atoms with E-state index in [0.717, 1.165) is 29.1 Å². The number of aromatic nitrogens is 2. The van der Waals surface area contributed by atoms with Gasteiger partial charge in [0.05, 0.1) is 22.9 Å². The molecule has 2 aromatic carbocycles. The molecule has 5 nitrogen and oxygen atoms in total. The largest absolute Gasteiger partial charge is 0.489 e. The Morgan fingerprint density at radius 1 is 1.09 bits per heavy atom. The molecule has 1 aromatic heterocycles. The van der Waals surface area contributed by atoms with Crippen LogP contribution in [-0.2, 0) is 18.9 Å². The number of halogens is 1. The lowest BCUT2D eigenvalue weighted by molar-refractivity contribution is 0.132. The number of ether oxygens (including phenoxy) is 1. The number of rotatable bonds is 10. The van der Waals surface area contributed by atoms with Gasteiger partial charge in [0.2, 0.25) is 0 Å². The van der Waals surface area contributed by atoms with Crippen molar-refractivity contribution in [2.24, 2.45) is 13.0 Å². The first-order valence-electron chi connectivity index (χ1n) is 12.4. The molecule has 0 spiro atoms. The van der Waals surface area contributed by atoms with Crippen LogP contribution in [0, 0.1) is 5.92 Å². The predicted octanol–water partition coefficient (Wildman–Crippen LogP) is 6.49. The van der Waals surface area contributed by atoms with E-state index in [1.54, 1.807) is 6.07 Å². The van der Waals surface area contributed by atoms with Crippen LogP contribution in [0.4, 0.5) is 0 Å². The van der Waals surface area contributed by atoms with Crippen LogP contribution >= 0.6 is 11.6 Å². The second-order valence-corrected chi connectivity index (χ2v) is 11.1. The van der Waals surface area contributed by atoms with Gasteiger partial charge in [-0.1, -0.05) is 62.7 Å². The number of aliphatic hydroxyl groups is 2. The molecule has 0 aliphatic rings. The lowest BCUT2D eigenvalue weighted by Crippen LogP contribution is -2.17. The van der Waals surface area contributed by atoms with Crippen molar-refractivity contribution in [3.05, 3.63) is 70.6 Å². The molecule has 3 aromatic rings. The fourth-order valence-electron chi connectivity index (χ4n) is 4.46. The smallest absolute Gasteiger partial charge is 0.138 e. The fourth-order valence-corrected chi connectivity index (χ4v) is 4.69. The summed E-state index contributed by atoms with van der Waals surface area (Å²) in [6.45, 7) is 10.5. The van der Waals surface area contributed by atoms with Gasteiger partial charge in [0.1, 0.15) is 11.6 Å². The number of hydrogen-bond acceptors (Lipinski definition) is 4. The third-order valence-electron chi connectivity index (χ3n) is 6.12. The van der Waals surface area contributed by atoms with Crippen LogP contribution in [0.2, 0.25) is 5.02 Å². The molecule has 2 atom stereocenters. The van der Waals surface area contributed by atoms with Gasteiger partial charge in [0.15, 0.2) is 0 Å². The van der Waals surface area contributed by atoms with Crippen LogP contribution in [-0.4, -0.2) is 32.5 Å². The van der Waals surface area contributed by atoms with Crippen molar-refractivity contribution in [3.8, 4) is 17.0 Å². The third kappa shape index (κ3) is 7.33. The highest BCUT2D eigenvalue weighted by atomic mass is 35.5. The zero-order valence-electron chi connectivity index (χ0n) is 21.8. The van der Waals surface area contributed by atoms with E-state index in [2.05, 4.69) is 55.8 Å². The number of aliphatic hydroxyl groups excluding tert-OH is 2. The Morgan fingerprint density at radius 3 is 2.31 bits per heavy atom. The Hall–Kier alpha value is -2.34. The van der Waals surface area contributed by atoms with Crippen LogP contribution < -0.4 is 4.74 Å². The third-order valence-corrected chi connectivity index (χ3v) is 6.41. The number of aryl methyl sites for hydroxylation is 1. The van der Waals surface area contributed by atoms with Crippen molar-refractivity contribution in [3.63, 3.8) is 0 Å². The highest BCUT2D eigenvalue weighted by molar-refractivity contribution is 6.32. The van der Waals surface area contributed by atoms with Crippen LogP contribution in [0.5, 0.6) is 5.75 Å². The topological polar surface area (TPSA) is 67.5 Å². The summed E-state index contributed by atoms with van der Waals surface area (Å²) in [5, 5.41) is 21.0. The second kappa shape index (κ2) is 11.6. The van der Waals surface area contributed by atoms with Gasteiger partial charge in [-0.15, -0.1) is 0 Å². The molecular formula is C29H39ClN2O3. The summed E-state index contributed by atoms with van der Waals surface area (Å²) in [7, 11) is 2.04. The number of hydrogen-bond donors (Lipinski definition) is 2. The summed E-state index contributed by atoms with van der Waals surface area (Å²) in [6, 6.07) is 13.9. The second-order valence-electron chi connectivity index (χ2n) is 10.7. The number of nitrogens with zero attached hydrogens (tertiary/aromatic N) is 2. The zero-order valence-corrected chi connectivity index (χ0v) is 22.5. The van der Waals surface area contributed by atoms with Crippen LogP contribution in [0.3, 0.4) is 0 Å². The first-order valence-corrected chi connectivity index (χ1v) is 12.7. The van der Waals surface area contributed by atoms with Crippen molar-refractivity contribution in [2.75, 3.05) is 6.61 Å². The Morgan fingerprint density at radius 2 is 1.77 bits per heavy atom. The Labute approximate surface area is 214 Å². The predicted molar refractivity (Wildman–Crippen MR) is 143 cm³/mol. The minimum Gasteiger partial charge on any atom is -0.489 e. The van der Waals surface area contributed by atoms with Crippen molar-refractivity contribution in [1.29, 1.82) is 0 Å². The Balaban J connectivity index is 1.69. The van der Waals surface area contributed by atoms with Gasteiger partial charge >= 0.3 is 0 Å². The summed E-state index contributed by atoms with van der Waals surface area (Å²) in [4.78, 5) is 4.85. The molecule has 0 bridgehead atoms. The molecule has 0 saturated carbocycles. The van der Waals surface area contributed by atoms with Crippen molar-refractivity contribution >= 4 is 11.6 Å². The van der Waals surface area contributed by atoms with E-state index in [1.165, 1.54) is 5.56 Å². The number of benzene rings is 2. The molecule has 0 unspecified atom stereocenters. The summed E-state index contributed by atoms with van der Waals surface area (Å²) >= 11 is 6.36. The maximum Gasteiger partial charge on any atom is 0.138 e. The summed E-state index contributed by atoms with van der Waals surface area (Å²) in [5.74, 6) is 1.80. The minimum atomic E-state index is -0.666. The molecular weight excluding hydrogens is 460 g/mol. The highest BCUT2D eigenvalue weighted by Crippen LogP contribution is 2.32. The average molecular weight is 499 g/mol. The first kappa shape index (κ1) is 27.3. The quantitative estimate of drug-likeness (QED) is 0.335. The van der Waals surface area contributed by atoms with Crippen molar-refractivity contribution < 1.29 is 14.9 Å². The van der Waals surface area contributed by atoms with Gasteiger partial charge in [-0.2, -0.15) is 0 Å². The molecule has 35 heavy (non-hydrogen) atoms. The van der Waals surface area contributed by atoms with E-state index >= 15 is 0 Å². The van der Waals surface area contributed by atoms with Crippen LogP contribution in [0.25, 0.3) is 11.3 Å². The molecule has 0 saturated heterocycles. The molecule has 1 heterocycles. The van der Waals surface area contributed by atoms with E-state index in [9.17, 15) is 10.2 Å². The van der Waals surface area contributed by atoms with E-state index in [4.69, 9.17) is 21.3 Å². The van der Waals surface area contributed by atoms with Gasteiger partial charge in [0, 0.05) is 30.8 Å². The molecule has 190 valence electrons. The van der Waals surface area contributed by atoms with Gasteiger partial charge in [-0.05, 0) is 62.3 Å².